The van der Waals surface area contributed by atoms with Gasteiger partial charge in [0.25, 0.3) is 0 Å². The van der Waals surface area contributed by atoms with Crippen LogP contribution in [0.1, 0.15) is 32.3 Å². The van der Waals surface area contributed by atoms with Gasteiger partial charge in [-0.2, -0.15) is 0 Å². The zero-order valence-electron chi connectivity index (χ0n) is 11.0. The lowest BCUT2D eigenvalue weighted by molar-refractivity contribution is -0.122. The summed E-state index contributed by atoms with van der Waals surface area (Å²) in [4.78, 5) is 18.9. The van der Waals surface area contributed by atoms with Crippen molar-refractivity contribution in [1.29, 1.82) is 0 Å². The third kappa shape index (κ3) is 4.99. The molecule has 1 aromatic rings. The van der Waals surface area contributed by atoms with Gasteiger partial charge >= 0.3 is 0 Å². The molecule has 0 saturated heterocycles. The maximum Gasteiger partial charge on any atom is 0.236 e. The van der Waals surface area contributed by atoms with Gasteiger partial charge in [-0.1, -0.05) is 13.8 Å². The molecule has 0 aliphatic heterocycles. The average Bonchev–Trinajstić information content (AvgIpc) is 2.68. The monoisotopic (exact) mass is 238 g/mol. The first kappa shape index (κ1) is 13.7. The molecule has 1 amide bonds. The van der Waals surface area contributed by atoms with Gasteiger partial charge in [-0.05, 0) is 19.8 Å². The Bertz CT molecular complexity index is 359. The first-order chi connectivity index (χ1) is 7.99. The SMILES string of the molecule is Cc1ncc(CNC(C)C(=O)NCC(C)C)[nH]1. The quantitative estimate of drug-likeness (QED) is 0.691. The van der Waals surface area contributed by atoms with Gasteiger partial charge in [-0.3, -0.25) is 4.79 Å². The first-order valence-corrected chi connectivity index (χ1v) is 6.00. The number of hydrogen-bond donors (Lipinski definition) is 3. The molecule has 1 atom stereocenters. The fourth-order valence-electron chi connectivity index (χ4n) is 1.38. The van der Waals surface area contributed by atoms with Gasteiger partial charge in [0.1, 0.15) is 5.82 Å². The van der Waals surface area contributed by atoms with Crippen LogP contribution in [0.25, 0.3) is 0 Å². The van der Waals surface area contributed by atoms with Crippen LogP contribution >= 0.6 is 0 Å². The third-order valence-corrected chi connectivity index (χ3v) is 2.43. The number of aromatic nitrogens is 2. The second-order valence-corrected chi connectivity index (χ2v) is 4.74. The van der Waals surface area contributed by atoms with E-state index < -0.39 is 0 Å². The number of amides is 1. The Morgan fingerprint density at radius 1 is 1.47 bits per heavy atom. The second-order valence-electron chi connectivity index (χ2n) is 4.74. The van der Waals surface area contributed by atoms with E-state index in [1.54, 1.807) is 6.20 Å². The zero-order chi connectivity index (χ0) is 12.8. The van der Waals surface area contributed by atoms with Gasteiger partial charge in [-0.25, -0.2) is 4.98 Å². The highest BCUT2D eigenvalue weighted by atomic mass is 16.2. The van der Waals surface area contributed by atoms with Gasteiger partial charge in [0.05, 0.1) is 6.04 Å². The average molecular weight is 238 g/mol. The summed E-state index contributed by atoms with van der Waals surface area (Å²) in [7, 11) is 0. The Kier molecular flexibility index (Phi) is 5.15. The molecule has 17 heavy (non-hydrogen) atoms. The number of carbonyl (C=O) groups is 1. The highest BCUT2D eigenvalue weighted by Crippen LogP contribution is 1.96. The van der Waals surface area contributed by atoms with Crippen LogP contribution in [0.5, 0.6) is 0 Å². The maximum absolute atomic E-state index is 11.7. The van der Waals surface area contributed by atoms with Crippen molar-refractivity contribution in [2.75, 3.05) is 6.54 Å². The highest BCUT2D eigenvalue weighted by Gasteiger charge is 2.12. The molecule has 0 fully saturated rings. The van der Waals surface area contributed by atoms with Crippen LogP contribution in [0.4, 0.5) is 0 Å². The minimum absolute atomic E-state index is 0.0370. The topological polar surface area (TPSA) is 69.8 Å². The number of rotatable bonds is 6. The molecule has 0 aliphatic rings. The number of aryl methyl sites for hydroxylation is 1. The normalized spacial score (nSPS) is 12.8. The molecule has 0 radical (unpaired) electrons. The molecule has 5 heteroatoms. The van der Waals surface area contributed by atoms with Crippen LogP contribution in [0.15, 0.2) is 6.20 Å². The second kappa shape index (κ2) is 6.39. The summed E-state index contributed by atoms with van der Waals surface area (Å²) in [6, 6.07) is -0.197. The Balaban J connectivity index is 2.29. The lowest BCUT2D eigenvalue weighted by atomic mass is 10.2. The number of carbonyl (C=O) groups excluding carboxylic acids is 1. The molecule has 0 aromatic carbocycles. The van der Waals surface area contributed by atoms with Gasteiger partial charge in [0.2, 0.25) is 5.91 Å². The van der Waals surface area contributed by atoms with E-state index in [9.17, 15) is 4.79 Å². The van der Waals surface area contributed by atoms with Crippen molar-refractivity contribution in [2.24, 2.45) is 5.92 Å². The van der Waals surface area contributed by atoms with Crippen molar-refractivity contribution in [2.45, 2.75) is 40.3 Å². The Morgan fingerprint density at radius 2 is 2.18 bits per heavy atom. The summed E-state index contributed by atoms with van der Waals surface area (Å²) in [5, 5.41) is 6.05. The molecular formula is C12H22N4O. The molecule has 0 aliphatic carbocycles. The highest BCUT2D eigenvalue weighted by molar-refractivity contribution is 5.81. The number of imidazole rings is 1. The Labute approximate surface area is 102 Å². The minimum atomic E-state index is -0.197. The van der Waals surface area contributed by atoms with Crippen LogP contribution in [-0.4, -0.2) is 28.5 Å². The molecule has 0 bridgehead atoms. The lowest BCUT2D eigenvalue weighted by Gasteiger charge is -2.14. The molecule has 5 nitrogen and oxygen atoms in total. The van der Waals surface area contributed by atoms with E-state index in [-0.39, 0.29) is 11.9 Å². The van der Waals surface area contributed by atoms with Gasteiger partial charge in [-0.15, -0.1) is 0 Å². The van der Waals surface area contributed by atoms with Gasteiger partial charge < -0.3 is 15.6 Å². The van der Waals surface area contributed by atoms with E-state index in [4.69, 9.17) is 0 Å². The third-order valence-electron chi connectivity index (χ3n) is 2.43. The van der Waals surface area contributed by atoms with Crippen LogP contribution < -0.4 is 10.6 Å². The van der Waals surface area contributed by atoms with Crippen molar-refractivity contribution in [3.63, 3.8) is 0 Å². The summed E-state index contributed by atoms with van der Waals surface area (Å²) in [6.07, 6.45) is 1.78. The van der Waals surface area contributed by atoms with Crippen molar-refractivity contribution in [3.8, 4) is 0 Å². The predicted octanol–water partition coefficient (Wildman–Crippen LogP) is 0.968. The number of H-pyrrole nitrogens is 1. The predicted molar refractivity (Wildman–Crippen MR) is 67.5 cm³/mol. The summed E-state index contributed by atoms with van der Waals surface area (Å²) in [5.74, 6) is 1.40. The van der Waals surface area contributed by atoms with E-state index in [2.05, 4.69) is 34.4 Å². The number of nitrogens with one attached hydrogen (secondary N) is 3. The van der Waals surface area contributed by atoms with Crippen molar-refractivity contribution in [3.05, 3.63) is 17.7 Å². The van der Waals surface area contributed by atoms with E-state index >= 15 is 0 Å². The molecule has 3 N–H and O–H groups in total. The molecule has 1 unspecified atom stereocenters. The van der Waals surface area contributed by atoms with E-state index in [1.165, 1.54) is 0 Å². The molecule has 1 aromatic heterocycles. The number of nitrogens with zero attached hydrogens (tertiary/aromatic N) is 1. The molecule has 96 valence electrons. The lowest BCUT2D eigenvalue weighted by Crippen LogP contribution is -2.43. The first-order valence-electron chi connectivity index (χ1n) is 6.00. The van der Waals surface area contributed by atoms with E-state index in [0.29, 0.717) is 19.0 Å². The molecule has 1 rings (SSSR count). The van der Waals surface area contributed by atoms with Gasteiger partial charge in [0.15, 0.2) is 0 Å². The number of hydrogen-bond acceptors (Lipinski definition) is 3. The standard InChI is InChI=1S/C12H22N4O/c1-8(2)5-15-12(17)9(3)13-6-11-7-14-10(4)16-11/h7-9,13H,5-6H2,1-4H3,(H,14,16)(H,15,17). The Hall–Kier alpha value is -1.36. The fourth-order valence-corrected chi connectivity index (χ4v) is 1.38. The molecule has 0 spiro atoms. The fraction of sp³-hybridized carbons (Fsp3) is 0.667. The Morgan fingerprint density at radius 3 is 2.71 bits per heavy atom. The maximum atomic E-state index is 11.7. The van der Waals surface area contributed by atoms with E-state index in [1.807, 2.05) is 13.8 Å². The summed E-state index contributed by atoms with van der Waals surface area (Å²) >= 11 is 0. The molecular weight excluding hydrogens is 216 g/mol. The van der Waals surface area contributed by atoms with E-state index in [0.717, 1.165) is 11.5 Å². The van der Waals surface area contributed by atoms with Crippen LogP contribution in [0, 0.1) is 12.8 Å². The minimum Gasteiger partial charge on any atom is -0.354 e. The smallest absolute Gasteiger partial charge is 0.236 e. The zero-order valence-corrected chi connectivity index (χ0v) is 11.0. The molecule has 1 heterocycles. The van der Waals surface area contributed by atoms with Gasteiger partial charge in [0, 0.05) is 25.0 Å². The summed E-state index contributed by atoms with van der Waals surface area (Å²) < 4.78 is 0. The van der Waals surface area contributed by atoms with Crippen LogP contribution in [0.3, 0.4) is 0 Å². The van der Waals surface area contributed by atoms with Crippen molar-refractivity contribution < 1.29 is 4.79 Å². The van der Waals surface area contributed by atoms with Crippen molar-refractivity contribution in [1.82, 2.24) is 20.6 Å². The summed E-state index contributed by atoms with van der Waals surface area (Å²) in [6.45, 7) is 9.25. The summed E-state index contributed by atoms with van der Waals surface area (Å²) in [5.41, 5.74) is 0.992. The van der Waals surface area contributed by atoms with Crippen molar-refractivity contribution >= 4 is 5.91 Å². The molecule has 0 saturated carbocycles. The van der Waals surface area contributed by atoms with Crippen LogP contribution in [-0.2, 0) is 11.3 Å². The number of aromatic amines is 1. The van der Waals surface area contributed by atoms with Crippen LogP contribution in [0.2, 0.25) is 0 Å². The largest absolute Gasteiger partial charge is 0.354 e.